The summed E-state index contributed by atoms with van der Waals surface area (Å²) in [6.07, 6.45) is 0.0506. The minimum atomic E-state index is -0.901. The molecule has 0 aromatic heterocycles. The topological polar surface area (TPSA) is 61.8 Å². The number of benzene rings is 3. The third kappa shape index (κ3) is 4.42. The average Bonchev–Trinajstić information content (AvgIpc) is 2.77. The Kier molecular flexibility index (Phi) is 5.79. The fourth-order valence-electron chi connectivity index (χ4n) is 3.96. The second-order valence-electron chi connectivity index (χ2n) is 7.49. The first-order valence-corrected chi connectivity index (χ1v) is 10.0. The maximum absolute atomic E-state index is 11.3. The molecule has 5 heteroatoms. The van der Waals surface area contributed by atoms with Crippen LogP contribution in [0.5, 0.6) is 0 Å². The van der Waals surface area contributed by atoms with Crippen molar-refractivity contribution in [2.75, 3.05) is 31.1 Å². The standard InChI is InChI=1S/C24H26N2O3/c1-17(22-11-5-7-18-6-2-3-10-23(18)22)25-15-21-16-26(12-13-29-21)20-9-4-8-19(14-20)24(27)28/h2-11,14,17,21,25H,12-13,15-16H2,1H3,(H,27,28)/t17-,21?/m1/s1. The Morgan fingerprint density at radius 1 is 1.17 bits per heavy atom. The van der Waals surface area contributed by atoms with Crippen molar-refractivity contribution in [2.45, 2.75) is 19.1 Å². The Morgan fingerprint density at radius 2 is 1.97 bits per heavy atom. The SMILES string of the molecule is C[C@@H](NCC1CN(c2cccc(C(=O)O)c2)CCO1)c1cccc2ccccc12. The summed E-state index contributed by atoms with van der Waals surface area (Å²) >= 11 is 0. The largest absolute Gasteiger partial charge is 0.478 e. The van der Waals surface area contributed by atoms with E-state index in [1.54, 1.807) is 18.2 Å². The van der Waals surface area contributed by atoms with Gasteiger partial charge in [0.15, 0.2) is 0 Å². The van der Waals surface area contributed by atoms with E-state index in [9.17, 15) is 9.90 Å². The van der Waals surface area contributed by atoms with Gasteiger partial charge in [-0.2, -0.15) is 0 Å². The average molecular weight is 390 g/mol. The second-order valence-corrected chi connectivity index (χ2v) is 7.49. The lowest BCUT2D eigenvalue weighted by Crippen LogP contribution is -2.47. The number of carbonyl (C=O) groups is 1. The van der Waals surface area contributed by atoms with E-state index in [1.165, 1.54) is 16.3 Å². The molecule has 150 valence electrons. The van der Waals surface area contributed by atoms with Gasteiger partial charge in [0.05, 0.1) is 18.3 Å². The summed E-state index contributed by atoms with van der Waals surface area (Å²) in [5.41, 5.74) is 2.53. The molecule has 1 heterocycles. The molecule has 3 aromatic rings. The Bertz CT molecular complexity index is 999. The van der Waals surface area contributed by atoms with Crippen LogP contribution in [-0.2, 0) is 4.74 Å². The van der Waals surface area contributed by atoms with Gasteiger partial charge < -0.3 is 20.1 Å². The first-order chi connectivity index (χ1) is 14.1. The Hall–Kier alpha value is -2.89. The van der Waals surface area contributed by atoms with Crippen LogP contribution in [0.1, 0.15) is 28.9 Å². The number of hydrogen-bond acceptors (Lipinski definition) is 4. The first-order valence-electron chi connectivity index (χ1n) is 10.0. The van der Waals surface area contributed by atoms with E-state index in [2.05, 4.69) is 59.6 Å². The third-order valence-electron chi connectivity index (χ3n) is 5.54. The highest BCUT2D eigenvalue weighted by Gasteiger charge is 2.22. The summed E-state index contributed by atoms with van der Waals surface area (Å²) in [5, 5.41) is 15.4. The number of carboxylic acid groups (broad SMARTS) is 1. The van der Waals surface area contributed by atoms with E-state index in [4.69, 9.17) is 4.74 Å². The number of carboxylic acids is 1. The molecule has 29 heavy (non-hydrogen) atoms. The molecule has 5 nitrogen and oxygen atoms in total. The van der Waals surface area contributed by atoms with Crippen molar-refractivity contribution in [3.63, 3.8) is 0 Å². The lowest BCUT2D eigenvalue weighted by atomic mass is 9.99. The van der Waals surface area contributed by atoms with Gasteiger partial charge in [-0.1, -0.05) is 48.5 Å². The summed E-state index contributed by atoms with van der Waals surface area (Å²) in [4.78, 5) is 13.5. The zero-order valence-corrected chi connectivity index (χ0v) is 16.5. The van der Waals surface area contributed by atoms with Gasteiger partial charge in [0, 0.05) is 31.4 Å². The normalized spacial score (nSPS) is 18.0. The van der Waals surface area contributed by atoms with Crippen molar-refractivity contribution in [1.29, 1.82) is 0 Å². The van der Waals surface area contributed by atoms with Crippen LogP contribution in [0.4, 0.5) is 5.69 Å². The predicted octanol–water partition coefficient (Wildman–Crippen LogP) is 4.09. The lowest BCUT2D eigenvalue weighted by Gasteiger charge is -2.35. The second kappa shape index (κ2) is 8.64. The zero-order valence-electron chi connectivity index (χ0n) is 16.5. The molecule has 4 rings (SSSR count). The summed E-state index contributed by atoms with van der Waals surface area (Å²) in [5.74, 6) is -0.901. The van der Waals surface area contributed by atoms with Gasteiger partial charge in [-0.25, -0.2) is 4.79 Å². The van der Waals surface area contributed by atoms with Crippen molar-refractivity contribution in [2.24, 2.45) is 0 Å². The number of ether oxygens (including phenoxy) is 1. The molecule has 0 aliphatic carbocycles. The molecule has 1 aliphatic heterocycles. The highest BCUT2D eigenvalue weighted by molar-refractivity contribution is 5.89. The number of morpholine rings is 1. The third-order valence-corrected chi connectivity index (χ3v) is 5.54. The predicted molar refractivity (Wildman–Crippen MR) is 116 cm³/mol. The summed E-state index contributed by atoms with van der Waals surface area (Å²) in [7, 11) is 0. The molecule has 1 fully saturated rings. The lowest BCUT2D eigenvalue weighted by molar-refractivity contribution is 0.0395. The fourth-order valence-corrected chi connectivity index (χ4v) is 3.96. The summed E-state index contributed by atoms with van der Waals surface area (Å²) in [6.45, 7) is 5.04. The summed E-state index contributed by atoms with van der Waals surface area (Å²) < 4.78 is 5.96. The molecule has 1 aliphatic rings. The smallest absolute Gasteiger partial charge is 0.335 e. The number of fused-ring (bicyclic) bond motifs is 1. The molecule has 0 bridgehead atoms. The van der Waals surface area contributed by atoms with Gasteiger partial charge in [-0.3, -0.25) is 0 Å². The van der Waals surface area contributed by atoms with Gasteiger partial charge in [0.1, 0.15) is 0 Å². The molecular weight excluding hydrogens is 364 g/mol. The number of rotatable bonds is 6. The van der Waals surface area contributed by atoms with Gasteiger partial charge in [0.25, 0.3) is 0 Å². The van der Waals surface area contributed by atoms with Crippen molar-refractivity contribution >= 4 is 22.4 Å². The van der Waals surface area contributed by atoms with E-state index in [0.717, 1.165) is 25.3 Å². The van der Waals surface area contributed by atoms with Gasteiger partial charge in [-0.15, -0.1) is 0 Å². The monoisotopic (exact) mass is 390 g/mol. The molecule has 2 N–H and O–H groups in total. The summed E-state index contributed by atoms with van der Waals surface area (Å²) in [6, 6.07) is 22.2. The van der Waals surface area contributed by atoms with Crippen LogP contribution in [0.25, 0.3) is 10.8 Å². The van der Waals surface area contributed by atoms with Crippen molar-refractivity contribution < 1.29 is 14.6 Å². The Morgan fingerprint density at radius 3 is 2.83 bits per heavy atom. The molecule has 1 saturated heterocycles. The Balaban J connectivity index is 1.41. The zero-order chi connectivity index (χ0) is 20.2. The van der Waals surface area contributed by atoms with Crippen LogP contribution >= 0.6 is 0 Å². The van der Waals surface area contributed by atoms with Crippen LogP contribution in [0.15, 0.2) is 66.7 Å². The molecule has 0 saturated carbocycles. The maximum atomic E-state index is 11.3. The first kappa shape index (κ1) is 19.4. The van der Waals surface area contributed by atoms with Crippen molar-refractivity contribution in [3.05, 3.63) is 77.9 Å². The fraction of sp³-hybridized carbons (Fsp3) is 0.292. The van der Waals surface area contributed by atoms with E-state index in [-0.39, 0.29) is 12.1 Å². The number of aromatic carboxylic acids is 1. The van der Waals surface area contributed by atoms with E-state index < -0.39 is 5.97 Å². The van der Waals surface area contributed by atoms with Crippen LogP contribution in [0.3, 0.4) is 0 Å². The minimum absolute atomic E-state index is 0.0506. The quantitative estimate of drug-likeness (QED) is 0.664. The molecular formula is C24H26N2O3. The van der Waals surface area contributed by atoms with E-state index >= 15 is 0 Å². The van der Waals surface area contributed by atoms with Crippen molar-refractivity contribution in [3.8, 4) is 0 Å². The van der Waals surface area contributed by atoms with Gasteiger partial charge in [0.2, 0.25) is 0 Å². The molecule has 0 radical (unpaired) electrons. The van der Waals surface area contributed by atoms with E-state index in [0.29, 0.717) is 12.2 Å². The van der Waals surface area contributed by atoms with Crippen LogP contribution < -0.4 is 10.2 Å². The molecule has 3 aromatic carbocycles. The van der Waals surface area contributed by atoms with Gasteiger partial charge >= 0.3 is 5.97 Å². The highest BCUT2D eigenvalue weighted by atomic mass is 16.5. The molecule has 0 spiro atoms. The van der Waals surface area contributed by atoms with Gasteiger partial charge in [-0.05, 0) is 41.5 Å². The van der Waals surface area contributed by atoms with Crippen LogP contribution in [0.2, 0.25) is 0 Å². The van der Waals surface area contributed by atoms with Crippen LogP contribution in [0, 0.1) is 0 Å². The highest BCUT2D eigenvalue weighted by Crippen LogP contribution is 2.24. The van der Waals surface area contributed by atoms with Crippen molar-refractivity contribution in [1.82, 2.24) is 5.32 Å². The van der Waals surface area contributed by atoms with Crippen LogP contribution in [-0.4, -0.2) is 43.4 Å². The molecule has 2 atom stereocenters. The maximum Gasteiger partial charge on any atom is 0.335 e. The van der Waals surface area contributed by atoms with E-state index in [1.807, 2.05) is 6.07 Å². The molecule has 1 unspecified atom stereocenters. The number of hydrogen-bond donors (Lipinski definition) is 2. The number of nitrogens with zero attached hydrogens (tertiary/aromatic N) is 1. The number of anilines is 1. The minimum Gasteiger partial charge on any atom is -0.478 e. The molecule has 0 amide bonds. The Labute approximate surface area is 170 Å². The number of nitrogens with one attached hydrogen (secondary N) is 1.